The molecule has 3 aliphatic rings. The molecule has 2 bridgehead atoms. The van der Waals surface area contributed by atoms with Gasteiger partial charge in [0.05, 0.1) is 31.9 Å². The zero-order chi connectivity index (χ0) is 16.5. The number of ether oxygens (including phenoxy) is 3. The fourth-order valence-electron chi connectivity index (χ4n) is 4.06. The molecule has 5 unspecified atom stereocenters. The van der Waals surface area contributed by atoms with Crippen molar-refractivity contribution in [3.05, 3.63) is 29.8 Å². The predicted molar refractivity (Wildman–Crippen MR) is 88.8 cm³/mol. The van der Waals surface area contributed by atoms with Crippen LogP contribution in [0.3, 0.4) is 0 Å². The van der Waals surface area contributed by atoms with Crippen LogP contribution >= 0.6 is 0 Å². The van der Waals surface area contributed by atoms with Crippen LogP contribution in [-0.4, -0.2) is 67.4 Å². The highest BCUT2D eigenvalue weighted by Gasteiger charge is 2.52. The topological polar surface area (TPSA) is 63.2 Å². The van der Waals surface area contributed by atoms with Crippen LogP contribution in [0.15, 0.2) is 24.3 Å². The van der Waals surface area contributed by atoms with Gasteiger partial charge in [0.2, 0.25) is 0 Å². The smallest absolute Gasteiger partial charge is 0.176 e. The number of hydrogen-bond donors (Lipinski definition) is 2. The van der Waals surface area contributed by atoms with E-state index in [0.717, 1.165) is 24.4 Å². The van der Waals surface area contributed by atoms with Crippen LogP contribution < -0.4 is 10.1 Å². The second kappa shape index (κ2) is 6.98. The van der Waals surface area contributed by atoms with E-state index in [2.05, 4.69) is 10.2 Å². The summed E-state index contributed by atoms with van der Waals surface area (Å²) < 4.78 is 17.0. The van der Waals surface area contributed by atoms with Crippen LogP contribution in [0.5, 0.6) is 5.75 Å². The van der Waals surface area contributed by atoms with E-state index in [-0.39, 0.29) is 24.5 Å². The molecule has 3 fully saturated rings. The van der Waals surface area contributed by atoms with Crippen molar-refractivity contribution in [2.45, 2.75) is 50.0 Å². The Bertz CT molecular complexity index is 544. The summed E-state index contributed by atoms with van der Waals surface area (Å²) in [6, 6.07) is 7.79. The molecule has 0 radical (unpaired) electrons. The lowest BCUT2D eigenvalue weighted by Gasteiger charge is -2.42. The summed E-state index contributed by atoms with van der Waals surface area (Å²) in [6.45, 7) is 3.26. The number of aliphatic hydroxyl groups is 1. The van der Waals surface area contributed by atoms with Crippen molar-refractivity contribution in [1.82, 2.24) is 10.2 Å². The molecular weight excluding hydrogens is 308 g/mol. The highest BCUT2D eigenvalue weighted by molar-refractivity contribution is 5.27. The summed E-state index contributed by atoms with van der Waals surface area (Å²) >= 11 is 0. The van der Waals surface area contributed by atoms with Crippen LogP contribution in [0, 0.1) is 0 Å². The number of nitrogens with one attached hydrogen (secondary N) is 1. The quantitative estimate of drug-likeness (QED) is 0.828. The minimum Gasteiger partial charge on any atom is -0.497 e. The summed E-state index contributed by atoms with van der Waals surface area (Å²) in [5.74, 6) is 0.848. The third kappa shape index (κ3) is 3.05. The van der Waals surface area contributed by atoms with Gasteiger partial charge >= 0.3 is 0 Å². The Morgan fingerprint density at radius 3 is 2.71 bits per heavy atom. The van der Waals surface area contributed by atoms with Crippen molar-refractivity contribution in [3.8, 4) is 5.75 Å². The van der Waals surface area contributed by atoms with Gasteiger partial charge in [-0.3, -0.25) is 4.90 Å². The number of likely N-dealkylation sites (tertiary alicyclic amines) is 1. The first kappa shape index (κ1) is 16.3. The third-order valence-electron chi connectivity index (χ3n) is 5.39. The molecule has 24 heavy (non-hydrogen) atoms. The highest BCUT2D eigenvalue weighted by Crippen LogP contribution is 2.33. The SMILES string of the molecule is COc1ccc(CNC2C3COC(O3)C(N3CCCC3)C2O)cc1. The fraction of sp³-hybridized carbons (Fsp3) is 0.667. The Hall–Kier alpha value is -1.18. The van der Waals surface area contributed by atoms with Gasteiger partial charge in [-0.05, 0) is 43.6 Å². The fourth-order valence-corrected chi connectivity index (χ4v) is 4.06. The second-order valence-electron chi connectivity index (χ2n) is 6.86. The van der Waals surface area contributed by atoms with Crippen molar-refractivity contribution in [2.24, 2.45) is 0 Å². The zero-order valence-corrected chi connectivity index (χ0v) is 14.1. The molecule has 0 spiro atoms. The Morgan fingerprint density at radius 2 is 2.00 bits per heavy atom. The Kier molecular flexibility index (Phi) is 4.74. The van der Waals surface area contributed by atoms with Crippen molar-refractivity contribution in [3.63, 3.8) is 0 Å². The van der Waals surface area contributed by atoms with Crippen LogP contribution in [0.2, 0.25) is 0 Å². The van der Waals surface area contributed by atoms with Gasteiger partial charge in [0.25, 0.3) is 0 Å². The Morgan fingerprint density at radius 1 is 1.25 bits per heavy atom. The van der Waals surface area contributed by atoms with E-state index in [4.69, 9.17) is 14.2 Å². The van der Waals surface area contributed by atoms with E-state index in [9.17, 15) is 5.11 Å². The van der Waals surface area contributed by atoms with E-state index >= 15 is 0 Å². The summed E-state index contributed by atoms with van der Waals surface area (Å²) in [7, 11) is 1.66. The van der Waals surface area contributed by atoms with Crippen molar-refractivity contribution in [2.75, 3.05) is 26.8 Å². The molecule has 3 aliphatic heterocycles. The first-order chi connectivity index (χ1) is 11.8. The van der Waals surface area contributed by atoms with Crippen LogP contribution in [0.25, 0.3) is 0 Å². The number of fused-ring (bicyclic) bond motifs is 2. The minimum absolute atomic E-state index is 0.0698. The van der Waals surface area contributed by atoms with Gasteiger partial charge in [-0.2, -0.15) is 0 Å². The maximum absolute atomic E-state index is 10.9. The lowest BCUT2D eigenvalue weighted by atomic mass is 9.94. The molecule has 3 saturated heterocycles. The molecule has 0 amide bonds. The molecule has 0 aliphatic carbocycles. The Balaban J connectivity index is 1.43. The van der Waals surface area contributed by atoms with Crippen molar-refractivity contribution < 1.29 is 19.3 Å². The average Bonchev–Trinajstić information content (AvgIpc) is 3.27. The first-order valence-corrected chi connectivity index (χ1v) is 8.82. The van der Waals surface area contributed by atoms with Crippen LogP contribution in [-0.2, 0) is 16.0 Å². The second-order valence-corrected chi connectivity index (χ2v) is 6.86. The summed E-state index contributed by atoms with van der Waals surface area (Å²) in [5, 5.41) is 14.4. The number of nitrogens with zero attached hydrogens (tertiary/aromatic N) is 1. The minimum atomic E-state index is -0.479. The lowest BCUT2D eigenvalue weighted by molar-refractivity contribution is -0.179. The van der Waals surface area contributed by atoms with Gasteiger partial charge < -0.3 is 24.6 Å². The molecular formula is C18H26N2O4. The molecule has 4 rings (SSSR count). The molecule has 1 aromatic rings. The number of benzene rings is 1. The van der Waals surface area contributed by atoms with Gasteiger partial charge in [0, 0.05) is 6.54 Å². The molecule has 0 saturated carbocycles. The zero-order valence-electron chi connectivity index (χ0n) is 14.1. The van der Waals surface area contributed by atoms with E-state index in [0.29, 0.717) is 13.2 Å². The molecule has 6 heteroatoms. The van der Waals surface area contributed by atoms with Crippen molar-refractivity contribution in [1.29, 1.82) is 0 Å². The number of aliphatic hydroxyl groups excluding tert-OH is 1. The molecule has 1 aromatic carbocycles. The molecule has 0 aromatic heterocycles. The van der Waals surface area contributed by atoms with Gasteiger partial charge in [0.15, 0.2) is 6.29 Å². The largest absolute Gasteiger partial charge is 0.497 e. The monoisotopic (exact) mass is 334 g/mol. The Labute approximate surface area is 142 Å². The van der Waals surface area contributed by atoms with E-state index in [1.54, 1.807) is 7.11 Å². The summed E-state index contributed by atoms with van der Waals surface area (Å²) in [4.78, 5) is 2.32. The molecule has 5 atom stereocenters. The normalized spacial score (nSPS) is 36.2. The van der Waals surface area contributed by atoms with Gasteiger partial charge in [0.1, 0.15) is 11.9 Å². The predicted octanol–water partition coefficient (Wildman–Crippen LogP) is 0.734. The van der Waals surface area contributed by atoms with Gasteiger partial charge in [-0.15, -0.1) is 0 Å². The number of hydrogen-bond acceptors (Lipinski definition) is 6. The standard InChI is InChI=1S/C18H26N2O4/c1-22-13-6-4-12(5-7-13)10-19-15-14-11-23-18(24-14)16(17(15)21)20-8-2-3-9-20/h4-7,14-19,21H,2-3,8-11H2,1H3. The maximum atomic E-state index is 10.9. The summed E-state index contributed by atoms with van der Waals surface area (Å²) in [5.41, 5.74) is 1.15. The van der Waals surface area contributed by atoms with Gasteiger partial charge in [-0.1, -0.05) is 12.1 Å². The maximum Gasteiger partial charge on any atom is 0.176 e. The highest BCUT2D eigenvalue weighted by atomic mass is 16.7. The average molecular weight is 334 g/mol. The molecule has 3 heterocycles. The molecule has 132 valence electrons. The summed E-state index contributed by atoms with van der Waals surface area (Å²) in [6.07, 6.45) is 1.52. The van der Waals surface area contributed by atoms with E-state index in [1.165, 1.54) is 12.8 Å². The van der Waals surface area contributed by atoms with Crippen molar-refractivity contribution >= 4 is 0 Å². The third-order valence-corrected chi connectivity index (χ3v) is 5.39. The van der Waals surface area contributed by atoms with E-state index in [1.807, 2.05) is 24.3 Å². The number of rotatable bonds is 5. The van der Waals surface area contributed by atoms with E-state index < -0.39 is 6.10 Å². The van der Waals surface area contributed by atoms with Crippen LogP contribution in [0.4, 0.5) is 0 Å². The molecule has 6 nitrogen and oxygen atoms in total. The first-order valence-electron chi connectivity index (χ1n) is 8.82. The molecule has 2 N–H and O–H groups in total. The number of methoxy groups -OCH3 is 1. The lowest BCUT2D eigenvalue weighted by Crippen LogP contribution is -2.63. The van der Waals surface area contributed by atoms with Crippen LogP contribution in [0.1, 0.15) is 18.4 Å². The van der Waals surface area contributed by atoms with Gasteiger partial charge in [-0.25, -0.2) is 0 Å².